The van der Waals surface area contributed by atoms with Crippen molar-refractivity contribution in [1.29, 1.82) is 0 Å². The van der Waals surface area contributed by atoms with Gasteiger partial charge >= 0.3 is 0 Å². The maximum Gasteiger partial charge on any atom is 0.0643 e. The van der Waals surface area contributed by atoms with Crippen LogP contribution in [0.3, 0.4) is 0 Å². The van der Waals surface area contributed by atoms with E-state index in [9.17, 15) is 0 Å². The number of rotatable bonds is 1. The van der Waals surface area contributed by atoms with E-state index in [-0.39, 0.29) is 0 Å². The third kappa shape index (κ3) is 4.65. The molecule has 0 amide bonds. The van der Waals surface area contributed by atoms with Crippen LogP contribution in [0.25, 0.3) is 0 Å². The van der Waals surface area contributed by atoms with Gasteiger partial charge in [0.05, 0.1) is 4.55 Å². The van der Waals surface area contributed by atoms with E-state index >= 15 is 0 Å². The van der Waals surface area contributed by atoms with Gasteiger partial charge in [0, 0.05) is 7.05 Å². The van der Waals surface area contributed by atoms with Gasteiger partial charge in [-0.25, -0.2) is 5.01 Å². The Morgan fingerprint density at radius 3 is 2.20 bits per heavy atom. The fourth-order valence-electron chi connectivity index (χ4n) is 0. The van der Waals surface area contributed by atoms with E-state index in [4.69, 9.17) is 5.84 Å². The summed E-state index contributed by atoms with van der Waals surface area (Å²) in [5.41, 5.74) is 0. The quantitative estimate of drug-likeness (QED) is 0.208. The summed E-state index contributed by atoms with van der Waals surface area (Å²) >= 11 is 2.18. The van der Waals surface area contributed by atoms with Crippen LogP contribution in [-0.4, -0.2) is 16.6 Å². The summed E-state index contributed by atoms with van der Waals surface area (Å²) in [5.74, 6) is 5.12. The number of alkyl halides is 1. The van der Waals surface area contributed by atoms with Crippen LogP contribution in [0.4, 0.5) is 0 Å². The van der Waals surface area contributed by atoms with Crippen LogP contribution in [0, 0.1) is 0 Å². The number of halogens is 1. The minimum atomic E-state index is 0.887. The number of hydrogen-bond donors (Lipinski definition) is 1. The molecule has 2 N–H and O–H groups in total. The molecule has 0 spiro atoms. The fraction of sp³-hybridized carbons (Fsp3) is 1.00. The standard InChI is InChI=1S/C2H7IN2/c1-5(4)2-3/h2,4H2,1H3. The topological polar surface area (TPSA) is 29.3 Å². The third-order valence-corrected chi connectivity index (χ3v) is 1.26. The molecule has 0 aromatic heterocycles. The molecule has 0 aliphatic carbocycles. The highest BCUT2D eigenvalue weighted by Gasteiger charge is 1.74. The van der Waals surface area contributed by atoms with Crippen LogP contribution in [0.15, 0.2) is 0 Å². The van der Waals surface area contributed by atoms with Crippen molar-refractivity contribution in [3.8, 4) is 0 Å². The molecule has 0 saturated carbocycles. The van der Waals surface area contributed by atoms with E-state index in [0.717, 1.165) is 4.55 Å². The normalized spacial score (nSPS) is 9.60. The molecule has 0 aliphatic rings. The summed E-state index contributed by atoms with van der Waals surface area (Å²) < 4.78 is 0.887. The zero-order chi connectivity index (χ0) is 4.28. The minimum absolute atomic E-state index is 0.887. The predicted octanol–water partition coefficient (Wildman–Crippen LogP) is 0.184. The van der Waals surface area contributed by atoms with Gasteiger partial charge in [-0.3, -0.25) is 5.84 Å². The highest BCUT2D eigenvalue weighted by Crippen LogP contribution is 1.76. The highest BCUT2D eigenvalue weighted by atomic mass is 127. The van der Waals surface area contributed by atoms with Crippen LogP contribution in [-0.2, 0) is 0 Å². The van der Waals surface area contributed by atoms with Gasteiger partial charge in [-0.05, 0) is 0 Å². The van der Waals surface area contributed by atoms with Crippen LogP contribution < -0.4 is 5.84 Å². The maximum absolute atomic E-state index is 5.12. The Morgan fingerprint density at radius 2 is 2.20 bits per heavy atom. The molecule has 0 fully saturated rings. The molecule has 0 heterocycles. The van der Waals surface area contributed by atoms with Crippen LogP contribution in [0.1, 0.15) is 0 Å². The molecule has 2 nitrogen and oxygen atoms in total. The smallest absolute Gasteiger partial charge is 0.0643 e. The first-order valence-corrected chi connectivity index (χ1v) is 2.81. The fourth-order valence-corrected chi connectivity index (χ4v) is 0. The van der Waals surface area contributed by atoms with Crippen LogP contribution in [0.5, 0.6) is 0 Å². The van der Waals surface area contributed by atoms with Gasteiger partial charge in [-0.1, -0.05) is 22.6 Å². The number of nitrogens with zero attached hydrogens (tertiary/aromatic N) is 1. The average molecular weight is 186 g/mol. The Morgan fingerprint density at radius 1 is 2.00 bits per heavy atom. The summed E-state index contributed by atoms with van der Waals surface area (Å²) in [7, 11) is 1.83. The molecule has 0 aliphatic heterocycles. The Hall–Kier alpha value is 0.650. The molecule has 0 radical (unpaired) electrons. The Labute approximate surface area is 45.4 Å². The van der Waals surface area contributed by atoms with E-state index in [1.807, 2.05) is 7.05 Å². The zero-order valence-corrected chi connectivity index (χ0v) is 5.27. The summed E-state index contributed by atoms with van der Waals surface area (Å²) in [6.45, 7) is 0. The van der Waals surface area contributed by atoms with Crippen molar-refractivity contribution < 1.29 is 0 Å². The molecule has 0 bridgehead atoms. The van der Waals surface area contributed by atoms with Crippen LogP contribution >= 0.6 is 22.6 Å². The third-order valence-electron chi connectivity index (χ3n) is 0.189. The Bertz CT molecular complexity index is 21.6. The lowest BCUT2D eigenvalue weighted by atomic mass is 11.2. The van der Waals surface area contributed by atoms with Crippen molar-refractivity contribution in [3.63, 3.8) is 0 Å². The van der Waals surface area contributed by atoms with E-state index in [1.165, 1.54) is 0 Å². The molecule has 5 heavy (non-hydrogen) atoms. The molecule has 0 aromatic carbocycles. The second-order valence-corrected chi connectivity index (χ2v) is 1.56. The predicted molar refractivity (Wildman–Crippen MR) is 30.8 cm³/mol. The SMILES string of the molecule is CN(N)CI. The van der Waals surface area contributed by atoms with E-state index in [0.29, 0.717) is 0 Å². The Balaban J connectivity index is 2.54. The molecular formula is C2H7IN2. The number of hydrazine groups is 1. The Kier molecular flexibility index (Phi) is 3.24. The first-order valence-electron chi connectivity index (χ1n) is 1.29. The van der Waals surface area contributed by atoms with Crippen molar-refractivity contribution in [2.45, 2.75) is 0 Å². The van der Waals surface area contributed by atoms with E-state index in [1.54, 1.807) is 5.01 Å². The molecule has 0 aromatic rings. The van der Waals surface area contributed by atoms with Crippen LogP contribution in [0.2, 0.25) is 0 Å². The first-order chi connectivity index (χ1) is 2.27. The van der Waals surface area contributed by atoms with Gasteiger partial charge in [0.25, 0.3) is 0 Å². The zero-order valence-electron chi connectivity index (χ0n) is 3.11. The van der Waals surface area contributed by atoms with Crippen molar-refractivity contribution in [2.24, 2.45) is 5.84 Å². The van der Waals surface area contributed by atoms with Crippen molar-refractivity contribution in [3.05, 3.63) is 0 Å². The molecular weight excluding hydrogens is 179 g/mol. The number of hydrogen-bond acceptors (Lipinski definition) is 2. The van der Waals surface area contributed by atoms with Gasteiger partial charge in [-0.15, -0.1) is 0 Å². The lowest BCUT2D eigenvalue weighted by molar-refractivity contribution is 0.424. The summed E-state index contributed by atoms with van der Waals surface area (Å²) in [6.07, 6.45) is 0. The van der Waals surface area contributed by atoms with Crippen molar-refractivity contribution >= 4 is 22.6 Å². The summed E-state index contributed by atoms with van der Waals surface area (Å²) in [4.78, 5) is 0. The monoisotopic (exact) mass is 186 g/mol. The largest absolute Gasteiger partial charge is 0.268 e. The molecule has 32 valence electrons. The highest BCUT2D eigenvalue weighted by molar-refractivity contribution is 14.1. The van der Waals surface area contributed by atoms with Gasteiger partial charge in [0.15, 0.2) is 0 Å². The van der Waals surface area contributed by atoms with E-state index in [2.05, 4.69) is 22.6 Å². The maximum atomic E-state index is 5.12. The van der Waals surface area contributed by atoms with E-state index < -0.39 is 0 Å². The molecule has 0 saturated heterocycles. The number of nitrogens with two attached hydrogens (primary N) is 1. The lowest BCUT2D eigenvalue weighted by Gasteiger charge is -1.98. The van der Waals surface area contributed by atoms with Gasteiger partial charge in [0.1, 0.15) is 0 Å². The van der Waals surface area contributed by atoms with Crippen molar-refractivity contribution in [1.82, 2.24) is 5.01 Å². The van der Waals surface area contributed by atoms with Crippen molar-refractivity contribution in [2.75, 3.05) is 11.6 Å². The molecule has 3 heteroatoms. The van der Waals surface area contributed by atoms with Gasteiger partial charge in [-0.2, -0.15) is 0 Å². The second kappa shape index (κ2) is 2.87. The molecule has 0 unspecified atom stereocenters. The van der Waals surface area contributed by atoms with Gasteiger partial charge < -0.3 is 0 Å². The summed E-state index contributed by atoms with van der Waals surface area (Å²) in [6, 6.07) is 0. The van der Waals surface area contributed by atoms with Gasteiger partial charge in [0.2, 0.25) is 0 Å². The molecule has 0 rings (SSSR count). The average Bonchev–Trinajstić information content (AvgIpc) is 1.38. The second-order valence-electron chi connectivity index (χ2n) is 0.877. The molecule has 0 atom stereocenters. The minimum Gasteiger partial charge on any atom is -0.268 e. The lowest BCUT2D eigenvalue weighted by Crippen LogP contribution is -2.23. The first kappa shape index (κ1) is 5.65. The summed E-state index contributed by atoms with van der Waals surface area (Å²) in [5, 5.41) is 1.61.